The van der Waals surface area contributed by atoms with Crippen LogP contribution in [0, 0.1) is 0 Å². The Hall–Kier alpha value is -6.48. The minimum Gasteiger partial charge on any atom is -0.310 e. The Morgan fingerprint density at radius 2 is 0.827 bits per heavy atom. The fourth-order valence-electron chi connectivity index (χ4n) is 7.80. The Bertz CT molecular complexity index is 2920. The third-order valence-corrected chi connectivity index (χ3v) is 11.4. The highest BCUT2D eigenvalue weighted by atomic mass is 32.1. The number of anilines is 3. The lowest BCUT2D eigenvalue weighted by Gasteiger charge is -2.29. The molecule has 0 N–H and O–H groups in total. The Morgan fingerprint density at radius 1 is 0.308 bits per heavy atom. The summed E-state index contributed by atoms with van der Waals surface area (Å²) in [7, 11) is 0. The Morgan fingerprint density at radius 3 is 1.62 bits per heavy atom. The number of nitrogens with zero attached hydrogens (tertiary/aromatic N) is 1. The first-order valence-electron chi connectivity index (χ1n) is 17.8. The van der Waals surface area contributed by atoms with Gasteiger partial charge in [-0.3, -0.25) is 0 Å². The van der Waals surface area contributed by atoms with Crippen molar-refractivity contribution in [1.29, 1.82) is 0 Å². The van der Waals surface area contributed by atoms with Crippen LogP contribution < -0.4 is 4.90 Å². The maximum absolute atomic E-state index is 2.44. The number of fused-ring (bicyclic) bond motifs is 5. The van der Waals surface area contributed by atoms with Crippen LogP contribution in [-0.4, -0.2) is 0 Å². The highest BCUT2D eigenvalue weighted by Crippen LogP contribution is 2.45. The van der Waals surface area contributed by atoms with Crippen molar-refractivity contribution in [3.05, 3.63) is 200 Å². The fraction of sp³-hybridized carbons (Fsp3) is 0. The zero-order valence-corrected chi connectivity index (χ0v) is 29.2. The zero-order valence-electron chi connectivity index (χ0n) is 28.4. The highest BCUT2D eigenvalue weighted by Gasteiger charge is 2.20. The van der Waals surface area contributed by atoms with Gasteiger partial charge < -0.3 is 4.90 Å². The average molecular weight is 680 g/mol. The second-order valence-corrected chi connectivity index (χ2v) is 14.4. The summed E-state index contributed by atoms with van der Waals surface area (Å²) in [4.78, 5) is 2.44. The molecule has 1 nitrogen and oxygen atoms in total. The Kier molecular flexibility index (Phi) is 7.41. The van der Waals surface area contributed by atoms with Crippen molar-refractivity contribution < 1.29 is 0 Å². The van der Waals surface area contributed by atoms with Crippen molar-refractivity contribution >= 4 is 70.1 Å². The van der Waals surface area contributed by atoms with Crippen LogP contribution in [0.1, 0.15) is 0 Å². The molecule has 9 aromatic carbocycles. The van der Waals surface area contributed by atoms with Crippen LogP contribution in [0.15, 0.2) is 200 Å². The van der Waals surface area contributed by atoms with E-state index in [0.29, 0.717) is 0 Å². The number of benzene rings is 9. The molecular formula is C50H33NS. The summed E-state index contributed by atoms with van der Waals surface area (Å²) in [6.45, 7) is 0. The molecule has 244 valence electrons. The first-order valence-corrected chi connectivity index (χ1v) is 18.6. The van der Waals surface area contributed by atoms with E-state index in [1.54, 1.807) is 0 Å². The molecule has 2 heteroatoms. The second kappa shape index (κ2) is 12.7. The smallest absolute Gasteiger partial charge is 0.0540 e. The summed E-state index contributed by atoms with van der Waals surface area (Å²) in [6.07, 6.45) is 0. The average Bonchev–Trinajstić information content (AvgIpc) is 3.59. The van der Waals surface area contributed by atoms with Crippen LogP contribution in [0.2, 0.25) is 0 Å². The SMILES string of the molecule is c1cc(-c2ccc3c(c2)sc2ccccc23)cc(N(c2cccc(-c3cccc4ccccc34)c2)c2ccccc2-c2cccc3ccccc23)c1. The van der Waals surface area contributed by atoms with Gasteiger partial charge in [0.25, 0.3) is 0 Å². The predicted octanol–water partition coefficient (Wildman–Crippen LogP) is 14.8. The summed E-state index contributed by atoms with van der Waals surface area (Å²) in [6, 6.07) is 73.0. The lowest BCUT2D eigenvalue weighted by atomic mass is 9.95. The molecule has 0 amide bonds. The topological polar surface area (TPSA) is 3.24 Å². The molecule has 10 rings (SSSR count). The van der Waals surface area contributed by atoms with Crippen LogP contribution in [0.3, 0.4) is 0 Å². The second-order valence-electron chi connectivity index (χ2n) is 13.3. The first kappa shape index (κ1) is 30.4. The zero-order chi connectivity index (χ0) is 34.4. The molecule has 0 aliphatic carbocycles. The molecule has 1 heterocycles. The Labute approximate surface area is 307 Å². The molecule has 0 atom stereocenters. The number of para-hydroxylation sites is 1. The maximum atomic E-state index is 2.44. The summed E-state index contributed by atoms with van der Waals surface area (Å²) in [5, 5.41) is 7.61. The molecule has 0 aliphatic rings. The van der Waals surface area contributed by atoms with Crippen LogP contribution in [0.4, 0.5) is 17.1 Å². The van der Waals surface area contributed by atoms with Gasteiger partial charge in [-0.15, -0.1) is 11.3 Å². The van der Waals surface area contributed by atoms with Crippen LogP contribution in [0.25, 0.3) is 75.1 Å². The number of thiophene rings is 1. The quantitative estimate of drug-likeness (QED) is 0.169. The van der Waals surface area contributed by atoms with E-state index in [0.717, 1.165) is 17.1 Å². The van der Waals surface area contributed by atoms with Gasteiger partial charge in [0.1, 0.15) is 0 Å². The molecule has 0 bridgehead atoms. The van der Waals surface area contributed by atoms with E-state index in [-0.39, 0.29) is 0 Å². The van der Waals surface area contributed by atoms with Crippen LogP contribution >= 0.6 is 11.3 Å². The highest BCUT2D eigenvalue weighted by molar-refractivity contribution is 7.25. The van der Waals surface area contributed by atoms with Gasteiger partial charge >= 0.3 is 0 Å². The summed E-state index contributed by atoms with van der Waals surface area (Å²) in [5.74, 6) is 0. The molecule has 0 unspecified atom stereocenters. The van der Waals surface area contributed by atoms with E-state index in [2.05, 4.69) is 205 Å². The van der Waals surface area contributed by atoms with Gasteiger partial charge in [0, 0.05) is 37.1 Å². The largest absolute Gasteiger partial charge is 0.310 e. The van der Waals surface area contributed by atoms with Gasteiger partial charge in [0.05, 0.1) is 5.69 Å². The van der Waals surface area contributed by atoms with Crippen molar-refractivity contribution in [2.75, 3.05) is 4.90 Å². The number of rotatable bonds is 6. The summed E-state index contributed by atoms with van der Waals surface area (Å²) in [5.41, 5.74) is 10.6. The van der Waals surface area contributed by atoms with E-state index in [9.17, 15) is 0 Å². The van der Waals surface area contributed by atoms with Crippen molar-refractivity contribution in [2.45, 2.75) is 0 Å². The monoisotopic (exact) mass is 679 g/mol. The van der Waals surface area contributed by atoms with Gasteiger partial charge in [0.2, 0.25) is 0 Å². The van der Waals surface area contributed by atoms with E-state index >= 15 is 0 Å². The van der Waals surface area contributed by atoms with E-state index < -0.39 is 0 Å². The minimum absolute atomic E-state index is 1.11. The fourth-order valence-corrected chi connectivity index (χ4v) is 8.95. The van der Waals surface area contributed by atoms with Gasteiger partial charge in [-0.25, -0.2) is 0 Å². The molecule has 1 aromatic heterocycles. The lowest BCUT2D eigenvalue weighted by Crippen LogP contribution is -2.11. The molecular weight excluding hydrogens is 647 g/mol. The minimum atomic E-state index is 1.11. The van der Waals surface area contributed by atoms with Crippen LogP contribution in [0.5, 0.6) is 0 Å². The summed E-state index contributed by atoms with van der Waals surface area (Å²) < 4.78 is 2.63. The van der Waals surface area contributed by atoms with Crippen LogP contribution in [-0.2, 0) is 0 Å². The van der Waals surface area contributed by atoms with E-state index in [1.165, 1.54) is 75.1 Å². The predicted molar refractivity (Wildman–Crippen MR) is 225 cm³/mol. The Balaban J connectivity index is 1.18. The van der Waals surface area contributed by atoms with Crippen molar-refractivity contribution in [3.8, 4) is 33.4 Å². The van der Waals surface area contributed by atoms with Gasteiger partial charge in [-0.05, 0) is 91.8 Å². The molecule has 0 fully saturated rings. The lowest BCUT2D eigenvalue weighted by molar-refractivity contribution is 1.28. The molecule has 0 aliphatic heterocycles. The van der Waals surface area contributed by atoms with Gasteiger partial charge in [-0.1, -0.05) is 158 Å². The van der Waals surface area contributed by atoms with Gasteiger partial charge in [-0.2, -0.15) is 0 Å². The van der Waals surface area contributed by atoms with Gasteiger partial charge in [0.15, 0.2) is 0 Å². The van der Waals surface area contributed by atoms with Crippen molar-refractivity contribution in [2.24, 2.45) is 0 Å². The van der Waals surface area contributed by atoms with E-state index in [4.69, 9.17) is 0 Å². The molecule has 0 saturated carbocycles. The first-order chi connectivity index (χ1) is 25.8. The molecule has 0 spiro atoms. The normalized spacial score (nSPS) is 11.5. The van der Waals surface area contributed by atoms with E-state index in [1.807, 2.05) is 11.3 Å². The van der Waals surface area contributed by atoms with Crippen molar-refractivity contribution in [3.63, 3.8) is 0 Å². The number of hydrogen-bond donors (Lipinski definition) is 0. The molecule has 52 heavy (non-hydrogen) atoms. The van der Waals surface area contributed by atoms with Crippen molar-refractivity contribution in [1.82, 2.24) is 0 Å². The summed E-state index contributed by atoms with van der Waals surface area (Å²) >= 11 is 1.86. The third-order valence-electron chi connectivity index (χ3n) is 10.2. The molecule has 0 saturated heterocycles. The number of hydrogen-bond acceptors (Lipinski definition) is 2. The maximum Gasteiger partial charge on any atom is 0.0540 e. The third kappa shape index (κ3) is 5.24. The molecule has 10 aromatic rings. The molecule has 0 radical (unpaired) electrons. The standard InChI is InChI=1S/C50H33NS/c1-3-21-41-34(13-1)15-11-25-43(41)38-18-10-20-40(32-38)51(48-27-7-5-23-45(48)44-26-12-16-35-14-2-4-22-42(35)44)39-19-9-17-36(31-39)37-29-30-47-46-24-6-8-28-49(46)52-50(47)33-37/h1-33H.